The largest absolute Gasteiger partial charge is 0.494 e. The van der Waals surface area contributed by atoms with Crippen molar-refractivity contribution in [3.05, 3.63) is 48.8 Å². The Morgan fingerprint density at radius 2 is 1.76 bits per heavy atom. The maximum absolute atomic E-state index is 5.61. The number of aryl methyl sites for hydroxylation is 2. The normalized spacial score (nSPS) is 11.2. The van der Waals surface area contributed by atoms with Crippen molar-refractivity contribution in [1.29, 1.82) is 0 Å². The summed E-state index contributed by atoms with van der Waals surface area (Å²) in [6.07, 6.45) is 11.4. The number of nitrogens with one attached hydrogen (secondary N) is 1. The maximum Gasteiger partial charge on any atom is 0.147 e. The molecule has 0 unspecified atom stereocenters. The Balaban J connectivity index is 1.69. The third kappa shape index (κ3) is 2.82. The average molecular weight is 337 g/mol. The fourth-order valence-electron chi connectivity index (χ4n) is 2.86. The molecule has 4 heterocycles. The van der Waals surface area contributed by atoms with Crippen LogP contribution in [0.25, 0.3) is 16.6 Å². The summed E-state index contributed by atoms with van der Waals surface area (Å²) in [4.78, 5) is 0. The Morgan fingerprint density at radius 3 is 2.44 bits per heavy atom. The third-order valence-electron chi connectivity index (χ3n) is 4.08. The standard InChI is InChI=1S/C17H19N7O/c1-22-9-12(6-19-22)5-18-15-8-21-24-11-13(4-16(25-3)17(15)24)14-7-20-23(2)10-14/h4,6-11,18H,5H2,1-3H3. The summed E-state index contributed by atoms with van der Waals surface area (Å²) in [5, 5.41) is 16.3. The number of nitrogens with zero attached hydrogens (tertiary/aromatic N) is 6. The van der Waals surface area contributed by atoms with Gasteiger partial charge in [-0.1, -0.05) is 0 Å². The summed E-state index contributed by atoms with van der Waals surface area (Å²) in [6.45, 7) is 0.669. The highest BCUT2D eigenvalue weighted by molar-refractivity contribution is 5.81. The van der Waals surface area contributed by atoms with E-state index < -0.39 is 0 Å². The monoisotopic (exact) mass is 337 g/mol. The molecule has 8 nitrogen and oxygen atoms in total. The number of hydrogen-bond donors (Lipinski definition) is 1. The Morgan fingerprint density at radius 1 is 0.960 bits per heavy atom. The van der Waals surface area contributed by atoms with Gasteiger partial charge in [0.25, 0.3) is 0 Å². The lowest BCUT2D eigenvalue weighted by Crippen LogP contribution is -1.99. The molecule has 0 bridgehead atoms. The molecule has 4 aromatic heterocycles. The predicted octanol–water partition coefficient (Wildman–Crippen LogP) is 2.09. The molecule has 25 heavy (non-hydrogen) atoms. The third-order valence-corrected chi connectivity index (χ3v) is 4.08. The Labute approximate surface area is 144 Å². The Hall–Kier alpha value is -3.29. The maximum atomic E-state index is 5.61. The molecule has 4 rings (SSSR count). The van der Waals surface area contributed by atoms with Crippen LogP contribution in [0.5, 0.6) is 5.75 Å². The summed E-state index contributed by atoms with van der Waals surface area (Å²) < 4.78 is 11.0. The lowest BCUT2D eigenvalue weighted by molar-refractivity contribution is 0.418. The number of fused-ring (bicyclic) bond motifs is 1. The minimum absolute atomic E-state index is 0.669. The van der Waals surface area contributed by atoms with Gasteiger partial charge in [0.2, 0.25) is 0 Å². The molecule has 0 saturated heterocycles. The van der Waals surface area contributed by atoms with Crippen LogP contribution in [-0.2, 0) is 20.6 Å². The zero-order chi connectivity index (χ0) is 17.4. The average Bonchev–Trinajstić information content (AvgIpc) is 3.32. The number of pyridine rings is 1. The molecular formula is C17H19N7O. The van der Waals surface area contributed by atoms with E-state index in [0.29, 0.717) is 6.54 Å². The van der Waals surface area contributed by atoms with E-state index in [9.17, 15) is 0 Å². The lowest BCUT2D eigenvalue weighted by atomic mass is 10.1. The smallest absolute Gasteiger partial charge is 0.147 e. The van der Waals surface area contributed by atoms with Crippen LogP contribution in [-0.4, -0.2) is 36.3 Å². The highest BCUT2D eigenvalue weighted by Gasteiger charge is 2.13. The fourth-order valence-corrected chi connectivity index (χ4v) is 2.86. The van der Waals surface area contributed by atoms with Crippen LogP contribution in [0.3, 0.4) is 0 Å². The van der Waals surface area contributed by atoms with Gasteiger partial charge in [-0.25, -0.2) is 4.52 Å². The van der Waals surface area contributed by atoms with Gasteiger partial charge in [-0.2, -0.15) is 15.3 Å². The van der Waals surface area contributed by atoms with Gasteiger partial charge in [0.15, 0.2) is 0 Å². The second-order valence-electron chi connectivity index (χ2n) is 5.93. The van der Waals surface area contributed by atoms with E-state index in [1.54, 1.807) is 22.7 Å². The second kappa shape index (κ2) is 5.97. The molecule has 128 valence electrons. The molecule has 0 aliphatic heterocycles. The van der Waals surface area contributed by atoms with Crippen molar-refractivity contribution in [3.63, 3.8) is 0 Å². The van der Waals surface area contributed by atoms with Gasteiger partial charge in [0.05, 0.1) is 31.4 Å². The van der Waals surface area contributed by atoms with Crippen molar-refractivity contribution in [1.82, 2.24) is 29.2 Å². The number of rotatable bonds is 5. The topological polar surface area (TPSA) is 74.2 Å². The molecule has 0 spiro atoms. The van der Waals surface area contributed by atoms with Crippen molar-refractivity contribution in [2.75, 3.05) is 12.4 Å². The summed E-state index contributed by atoms with van der Waals surface area (Å²) in [6, 6.07) is 2.00. The van der Waals surface area contributed by atoms with Crippen LogP contribution in [0.1, 0.15) is 5.56 Å². The van der Waals surface area contributed by atoms with Gasteiger partial charge in [0.1, 0.15) is 11.3 Å². The lowest BCUT2D eigenvalue weighted by Gasteiger charge is -2.09. The number of aromatic nitrogens is 6. The van der Waals surface area contributed by atoms with Gasteiger partial charge in [-0.05, 0) is 6.07 Å². The van der Waals surface area contributed by atoms with Crippen LogP contribution in [0.15, 0.2) is 43.2 Å². The molecule has 0 atom stereocenters. The Bertz CT molecular complexity index is 1030. The van der Waals surface area contributed by atoms with Crippen molar-refractivity contribution in [2.24, 2.45) is 14.1 Å². The van der Waals surface area contributed by atoms with Crippen LogP contribution in [0, 0.1) is 0 Å². The van der Waals surface area contributed by atoms with Gasteiger partial charge in [-0.15, -0.1) is 0 Å². The molecule has 0 amide bonds. The molecule has 0 radical (unpaired) electrons. The molecular weight excluding hydrogens is 318 g/mol. The summed E-state index contributed by atoms with van der Waals surface area (Å²) in [5.41, 5.74) is 4.94. The van der Waals surface area contributed by atoms with Gasteiger partial charge < -0.3 is 10.1 Å². The molecule has 0 aromatic carbocycles. The number of methoxy groups -OCH3 is 1. The molecule has 1 N–H and O–H groups in total. The van der Waals surface area contributed by atoms with E-state index in [4.69, 9.17) is 4.74 Å². The molecule has 0 saturated carbocycles. The first-order valence-electron chi connectivity index (χ1n) is 7.90. The summed E-state index contributed by atoms with van der Waals surface area (Å²) >= 11 is 0. The van der Waals surface area contributed by atoms with Gasteiger partial charge in [0, 0.05) is 55.9 Å². The van der Waals surface area contributed by atoms with Crippen molar-refractivity contribution >= 4 is 11.2 Å². The zero-order valence-corrected chi connectivity index (χ0v) is 14.3. The highest BCUT2D eigenvalue weighted by atomic mass is 16.5. The van der Waals surface area contributed by atoms with E-state index in [1.165, 1.54) is 0 Å². The minimum atomic E-state index is 0.669. The van der Waals surface area contributed by atoms with E-state index in [2.05, 4.69) is 20.6 Å². The quantitative estimate of drug-likeness (QED) is 0.604. The van der Waals surface area contributed by atoms with Gasteiger partial charge >= 0.3 is 0 Å². The number of anilines is 1. The number of hydrogen-bond acceptors (Lipinski definition) is 5. The van der Waals surface area contributed by atoms with E-state index in [0.717, 1.165) is 33.6 Å². The Kier molecular flexibility index (Phi) is 3.64. The molecule has 0 aliphatic rings. The molecule has 0 fully saturated rings. The van der Waals surface area contributed by atoms with E-state index in [1.807, 2.05) is 55.7 Å². The summed E-state index contributed by atoms with van der Waals surface area (Å²) in [5.74, 6) is 0.757. The SMILES string of the molecule is COc1cc(-c2cnn(C)c2)cn2ncc(NCc3cnn(C)c3)c12. The van der Waals surface area contributed by atoms with Crippen LogP contribution >= 0.6 is 0 Å². The first kappa shape index (κ1) is 15.3. The van der Waals surface area contributed by atoms with Crippen LogP contribution in [0.2, 0.25) is 0 Å². The first-order chi connectivity index (χ1) is 12.1. The minimum Gasteiger partial charge on any atom is -0.494 e. The van der Waals surface area contributed by atoms with Crippen molar-refractivity contribution in [3.8, 4) is 16.9 Å². The van der Waals surface area contributed by atoms with Crippen LogP contribution < -0.4 is 10.1 Å². The fraction of sp³-hybridized carbons (Fsp3) is 0.235. The molecule has 8 heteroatoms. The van der Waals surface area contributed by atoms with E-state index in [-0.39, 0.29) is 0 Å². The molecule has 4 aromatic rings. The van der Waals surface area contributed by atoms with E-state index >= 15 is 0 Å². The predicted molar refractivity (Wildman–Crippen MR) is 94.5 cm³/mol. The molecule has 0 aliphatic carbocycles. The summed E-state index contributed by atoms with van der Waals surface area (Å²) in [7, 11) is 5.47. The van der Waals surface area contributed by atoms with Crippen molar-refractivity contribution in [2.45, 2.75) is 6.54 Å². The van der Waals surface area contributed by atoms with Gasteiger partial charge in [-0.3, -0.25) is 9.36 Å². The second-order valence-corrected chi connectivity index (χ2v) is 5.93. The van der Waals surface area contributed by atoms with Crippen LogP contribution in [0.4, 0.5) is 5.69 Å². The van der Waals surface area contributed by atoms with Crippen molar-refractivity contribution < 1.29 is 4.74 Å². The number of ether oxygens (including phenoxy) is 1. The first-order valence-corrected chi connectivity index (χ1v) is 7.90. The highest BCUT2D eigenvalue weighted by Crippen LogP contribution is 2.32. The zero-order valence-electron chi connectivity index (χ0n) is 14.3.